The highest BCUT2D eigenvalue weighted by Gasteiger charge is 2.28. The van der Waals surface area contributed by atoms with Crippen molar-refractivity contribution in [1.82, 2.24) is 5.32 Å². The minimum absolute atomic E-state index is 0. The maximum absolute atomic E-state index is 11.5. The summed E-state index contributed by atoms with van der Waals surface area (Å²) in [7, 11) is -0.999. The van der Waals surface area contributed by atoms with Crippen LogP contribution in [0, 0.1) is 0 Å². The average molecular weight is 449 g/mol. The molecule has 0 spiro atoms. The molecule has 148 valence electrons. The number of hydrogen-bond donors (Lipinski definition) is 1. The Hall–Kier alpha value is -0.780. The van der Waals surface area contributed by atoms with Gasteiger partial charge in [0, 0.05) is 18.2 Å². The molecule has 2 aromatic carbocycles. The zero-order valence-electron chi connectivity index (χ0n) is 15.3. The Morgan fingerprint density at radius 1 is 1.04 bits per heavy atom. The van der Waals surface area contributed by atoms with E-state index in [9.17, 15) is 8.42 Å². The number of halogens is 3. The lowest BCUT2D eigenvalue weighted by Crippen LogP contribution is -2.24. The van der Waals surface area contributed by atoms with Crippen LogP contribution in [0.5, 0.6) is 0 Å². The maximum atomic E-state index is 11.5. The van der Waals surface area contributed by atoms with Gasteiger partial charge >= 0.3 is 0 Å². The van der Waals surface area contributed by atoms with Gasteiger partial charge in [-0.1, -0.05) is 47.5 Å². The van der Waals surface area contributed by atoms with Gasteiger partial charge in [-0.25, -0.2) is 8.42 Å². The highest BCUT2D eigenvalue weighted by Crippen LogP contribution is 2.42. The molecular formula is C20H24Cl3NO2S. The molecule has 3 rings (SSSR count). The third-order valence-electron chi connectivity index (χ3n) is 5.10. The first kappa shape index (κ1) is 22.5. The summed E-state index contributed by atoms with van der Waals surface area (Å²) in [4.78, 5) is 0. The van der Waals surface area contributed by atoms with Gasteiger partial charge in [0.2, 0.25) is 0 Å². The van der Waals surface area contributed by atoms with E-state index in [1.165, 1.54) is 22.9 Å². The van der Waals surface area contributed by atoms with Crippen LogP contribution < -0.4 is 5.32 Å². The van der Waals surface area contributed by atoms with Gasteiger partial charge in [0.15, 0.2) is 0 Å². The van der Waals surface area contributed by atoms with Gasteiger partial charge in [-0.15, -0.1) is 12.4 Å². The predicted octanol–water partition coefficient (Wildman–Crippen LogP) is 5.19. The van der Waals surface area contributed by atoms with E-state index in [1.54, 1.807) is 0 Å². The molecule has 0 aliphatic heterocycles. The molecule has 1 aliphatic rings. The molecule has 0 saturated carbocycles. The van der Waals surface area contributed by atoms with Crippen LogP contribution in [0.2, 0.25) is 10.0 Å². The van der Waals surface area contributed by atoms with Gasteiger partial charge in [-0.05, 0) is 60.7 Å². The van der Waals surface area contributed by atoms with E-state index >= 15 is 0 Å². The SMILES string of the molecule is CNC1CCC(c2ccc(Cl)c(Cl)c2)c2ccc(CCS(C)(=O)=O)cc21.Cl. The maximum Gasteiger partial charge on any atom is 0.147 e. The molecule has 0 heterocycles. The summed E-state index contributed by atoms with van der Waals surface area (Å²) < 4.78 is 22.9. The molecule has 1 N–H and O–H groups in total. The molecule has 0 radical (unpaired) electrons. The van der Waals surface area contributed by atoms with E-state index in [2.05, 4.69) is 17.4 Å². The molecule has 2 atom stereocenters. The molecule has 2 unspecified atom stereocenters. The van der Waals surface area contributed by atoms with Gasteiger partial charge < -0.3 is 5.32 Å². The molecule has 27 heavy (non-hydrogen) atoms. The van der Waals surface area contributed by atoms with Crippen molar-refractivity contribution in [2.75, 3.05) is 19.1 Å². The summed E-state index contributed by atoms with van der Waals surface area (Å²) >= 11 is 12.3. The van der Waals surface area contributed by atoms with Crippen LogP contribution >= 0.6 is 35.6 Å². The van der Waals surface area contributed by atoms with Gasteiger partial charge in [0.1, 0.15) is 9.84 Å². The Kier molecular flexibility index (Phi) is 7.62. The molecule has 0 fully saturated rings. The third-order valence-corrected chi connectivity index (χ3v) is 6.79. The van der Waals surface area contributed by atoms with Crippen molar-refractivity contribution in [3.05, 3.63) is 68.7 Å². The molecule has 0 amide bonds. The number of hydrogen-bond acceptors (Lipinski definition) is 3. The predicted molar refractivity (Wildman–Crippen MR) is 116 cm³/mol. The highest BCUT2D eigenvalue weighted by molar-refractivity contribution is 7.90. The smallest absolute Gasteiger partial charge is 0.147 e. The molecule has 2 aromatic rings. The minimum Gasteiger partial charge on any atom is -0.313 e. The number of sulfone groups is 1. The Labute approximate surface area is 177 Å². The van der Waals surface area contributed by atoms with Gasteiger partial charge in [-0.3, -0.25) is 0 Å². The molecule has 0 saturated heterocycles. The average Bonchev–Trinajstić information content (AvgIpc) is 2.60. The van der Waals surface area contributed by atoms with Gasteiger partial charge in [0.05, 0.1) is 15.8 Å². The van der Waals surface area contributed by atoms with Crippen molar-refractivity contribution in [2.24, 2.45) is 0 Å². The van der Waals surface area contributed by atoms with Crippen LogP contribution in [-0.4, -0.2) is 27.5 Å². The van der Waals surface area contributed by atoms with Crippen LogP contribution in [0.1, 0.15) is 47.1 Å². The molecular weight excluding hydrogens is 425 g/mol. The monoisotopic (exact) mass is 447 g/mol. The van der Waals surface area contributed by atoms with Crippen LogP contribution in [-0.2, 0) is 16.3 Å². The van der Waals surface area contributed by atoms with E-state index in [4.69, 9.17) is 23.2 Å². The summed E-state index contributed by atoms with van der Waals surface area (Å²) in [5.74, 6) is 0.444. The normalized spacial score (nSPS) is 19.3. The van der Waals surface area contributed by atoms with Crippen LogP contribution in [0.3, 0.4) is 0 Å². The number of benzene rings is 2. The van der Waals surface area contributed by atoms with Crippen molar-refractivity contribution in [3.63, 3.8) is 0 Å². The summed E-state index contributed by atoms with van der Waals surface area (Å²) in [5, 5.41) is 4.53. The first-order valence-corrected chi connectivity index (χ1v) is 11.5. The Morgan fingerprint density at radius 2 is 1.78 bits per heavy atom. The van der Waals surface area contributed by atoms with Crippen LogP contribution in [0.25, 0.3) is 0 Å². The fraction of sp³-hybridized carbons (Fsp3) is 0.400. The summed E-state index contributed by atoms with van der Waals surface area (Å²) in [6.07, 6.45) is 3.87. The lowest BCUT2D eigenvalue weighted by molar-refractivity contribution is 0.470. The second-order valence-electron chi connectivity index (χ2n) is 6.99. The first-order chi connectivity index (χ1) is 12.3. The molecule has 1 aliphatic carbocycles. The van der Waals surface area contributed by atoms with Gasteiger partial charge in [-0.2, -0.15) is 0 Å². The topological polar surface area (TPSA) is 46.2 Å². The quantitative estimate of drug-likeness (QED) is 0.685. The third kappa shape index (κ3) is 5.39. The number of fused-ring (bicyclic) bond motifs is 1. The first-order valence-electron chi connectivity index (χ1n) is 8.71. The largest absolute Gasteiger partial charge is 0.313 e. The fourth-order valence-electron chi connectivity index (χ4n) is 3.72. The van der Waals surface area contributed by atoms with Crippen molar-refractivity contribution >= 4 is 45.4 Å². The van der Waals surface area contributed by atoms with E-state index in [-0.39, 0.29) is 30.1 Å². The zero-order valence-corrected chi connectivity index (χ0v) is 18.5. The molecule has 7 heteroatoms. The zero-order chi connectivity index (χ0) is 18.9. The number of rotatable bonds is 5. The lowest BCUT2D eigenvalue weighted by atomic mass is 9.76. The van der Waals surface area contributed by atoms with E-state index in [0.717, 1.165) is 18.4 Å². The molecule has 0 aromatic heterocycles. The minimum atomic E-state index is -2.97. The van der Waals surface area contributed by atoms with Crippen molar-refractivity contribution in [2.45, 2.75) is 31.2 Å². The van der Waals surface area contributed by atoms with E-state index in [1.807, 2.05) is 31.3 Å². The highest BCUT2D eigenvalue weighted by atomic mass is 35.5. The Balaban J connectivity index is 0.00000261. The Bertz CT molecular complexity index is 915. The standard InChI is InChI=1S/C20H23Cl2NO2S.ClH/c1-23-20-8-6-15(14-4-7-18(21)19(22)12-14)16-5-3-13(11-17(16)20)9-10-26(2,24)25;/h3-5,7,11-12,15,20,23H,6,8-10H2,1-2H3;1H. The Morgan fingerprint density at radius 3 is 2.41 bits per heavy atom. The van der Waals surface area contributed by atoms with E-state index < -0.39 is 9.84 Å². The number of aryl methyl sites for hydroxylation is 1. The fourth-order valence-corrected chi connectivity index (χ4v) is 4.63. The second kappa shape index (κ2) is 9.15. The van der Waals surface area contributed by atoms with Crippen LogP contribution in [0.15, 0.2) is 36.4 Å². The van der Waals surface area contributed by atoms with Gasteiger partial charge in [0.25, 0.3) is 0 Å². The molecule has 3 nitrogen and oxygen atoms in total. The van der Waals surface area contributed by atoms with E-state index in [0.29, 0.717) is 16.5 Å². The number of nitrogens with one attached hydrogen (secondary N) is 1. The van der Waals surface area contributed by atoms with Crippen molar-refractivity contribution in [3.8, 4) is 0 Å². The summed E-state index contributed by atoms with van der Waals surface area (Å²) in [5.41, 5.74) is 4.75. The van der Waals surface area contributed by atoms with Crippen LogP contribution in [0.4, 0.5) is 0 Å². The molecule has 0 bridgehead atoms. The lowest BCUT2D eigenvalue weighted by Gasteiger charge is -2.32. The second-order valence-corrected chi connectivity index (χ2v) is 10.1. The summed E-state index contributed by atoms with van der Waals surface area (Å²) in [6.45, 7) is 0. The summed E-state index contributed by atoms with van der Waals surface area (Å²) in [6, 6.07) is 12.5. The van der Waals surface area contributed by atoms with Crippen molar-refractivity contribution < 1.29 is 8.42 Å². The van der Waals surface area contributed by atoms with Crippen molar-refractivity contribution in [1.29, 1.82) is 0 Å².